The quantitative estimate of drug-likeness (QED) is 0.353. The summed E-state index contributed by atoms with van der Waals surface area (Å²) >= 11 is 1.63. The standard InChI is InChI=1S/C27H28F3NO3S/c1-2-33-26(32)18-34-23-8-5-19-11-14-31(15-12-21(19)17-23)16-13-24-9-10-25(35-24)20-3-6-22(7-4-20)27(28,29)30/h3-10,17H,2,11-16,18H2,1H3. The molecule has 35 heavy (non-hydrogen) atoms. The van der Waals surface area contributed by atoms with Crippen LogP contribution in [-0.4, -0.2) is 43.7 Å². The maximum atomic E-state index is 12.8. The lowest BCUT2D eigenvalue weighted by atomic mass is 10.0. The van der Waals surface area contributed by atoms with Gasteiger partial charge in [-0.25, -0.2) is 4.79 Å². The molecule has 0 radical (unpaired) electrons. The molecule has 0 saturated heterocycles. The van der Waals surface area contributed by atoms with Gasteiger partial charge in [-0.3, -0.25) is 0 Å². The summed E-state index contributed by atoms with van der Waals surface area (Å²) in [5.74, 6) is 0.309. The van der Waals surface area contributed by atoms with Gasteiger partial charge < -0.3 is 14.4 Å². The molecular formula is C27H28F3NO3S. The lowest BCUT2D eigenvalue weighted by Crippen LogP contribution is -2.28. The van der Waals surface area contributed by atoms with Crippen molar-refractivity contribution in [2.24, 2.45) is 0 Å². The number of thiophene rings is 1. The Bertz CT molecular complexity index is 1140. The van der Waals surface area contributed by atoms with E-state index in [1.54, 1.807) is 18.3 Å². The number of alkyl halides is 3. The van der Waals surface area contributed by atoms with Crippen LogP contribution in [0.5, 0.6) is 5.75 Å². The van der Waals surface area contributed by atoms with Crippen LogP contribution in [0, 0.1) is 0 Å². The van der Waals surface area contributed by atoms with Gasteiger partial charge in [-0.15, -0.1) is 11.3 Å². The van der Waals surface area contributed by atoms with E-state index in [-0.39, 0.29) is 12.6 Å². The van der Waals surface area contributed by atoms with Crippen molar-refractivity contribution >= 4 is 17.3 Å². The zero-order valence-electron chi connectivity index (χ0n) is 19.6. The lowest BCUT2D eigenvalue weighted by Gasteiger charge is -2.19. The number of hydrogen-bond acceptors (Lipinski definition) is 5. The number of nitrogens with zero attached hydrogens (tertiary/aromatic N) is 1. The second-order valence-electron chi connectivity index (χ2n) is 8.46. The van der Waals surface area contributed by atoms with Crippen LogP contribution in [-0.2, 0) is 35.0 Å². The first-order chi connectivity index (χ1) is 16.8. The summed E-state index contributed by atoms with van der Waals surface area (Å²) in [6.07, 6.45) is -1.55. The predicted octanol–water partition coefficient (Wildman–Crippen LogP) is 6.02. The van der Waals surface area contributed by atoms with Crippen molar-refractivity contribution in [2.75, 3.05) is 32.8 Å². The van der Waals surface area contributed by atoms with Gasteiger partial charge in [-0.2, -0.15) is 13.2 Å². The number of rotatable bonds is 8. The van der Waals surface area contributed by atoms with Crippen molar-refractivity contribution in [3.05, 3.63) is 76.2 Å². The maximum absolute atomic E-state index is 12.8. The van der Waals surface area contributed by atoms with E-state index in [0.29, 0.717) is 12.4 Å². The van der Waals surface area contributed by atoms with Crippen LogP contribution < -0.4 is 4.74 Å². The fourth-order valence-corrected chi connectivity index (χ4v) is 5.17. The summed E-state index contributed by atoms with van der Waals surface area (Å²) in [4.78, 5) is 16.2. The summed E-state index contributed by atoms with van der Waals surface area (Å²) in [6, 6.07) is 15.4. The van der Waals surface area contributed by atoms with E-state index in [1.807, 2.05) is 18.2 Å². The summed E-state index contributed by atoms with van der Waals surface area (Å²) in [7, 11) is 0. The van der Waals surface area contributed by atoms with E-state index in [1.165, 1.54) is 28.1 Å². The SMILES string of the molecule is CCOC(=O)COc1ccc2c(c1)CCN(CCc1ccc(-c3ccc(C(F)(F)F)cc3)s1)CC2. The normalized spacial score (nSPS) is 14.3. The molecule has 0 spiro atoms. The molecule has 0 unspecified atom stereocenters. The molecule has 2 heterocycles. The molecule has 0 bridgehead atoms. The average molecular weight is 504 g/mol. The molecule has 0 fully saturated rings. The zero-order chi connectivity index (χ0) is 24.8. The van der Waals surface area contributed by atoms with E-state index < -0.39 is 11.7 Å². The summed E-state index contributed by atoms with van der Waals surface area (Å²) in [5.41, 5.74) is 2.73. The van der Waals surface area contributed by atoms with Crippen LogP contribution in [0.15, 0.2) is 54.6 Å². The maximum Gasteiger partial charge on any atom is 0.416 e. The third kappa shape index (κ3) is 6.86. The first-order valence-corrected chi connectivity index (χ1v) is 12.5. The number of halogens is 3. The minimum Gasteiger partial charge on any atom is -0.482 e. The minimum atomic E-state index is -4.32. The summed E-state index contributed by atoms with van der Waals surface area (Å²) < 4.78 is 48.9. The number of ether oxygens (including phenoxy) is 2. The van der Waals surface area contributed by atoms with Crippen molar-refractivity contribution < 1.29 is 27.4 Å². The monoisotopic (exact) mass is 503 g/mol. The molecule has 2 aromatic carbocycles. The first-order valence-electron chi connectivity index (χ1n) is 11.7. The highest BCUT2D eigenvalue weighted by atomic mass is 32.1. The van der Waals surface area contributed by atoms with Crippen LogP contribution >= 0.6 is 11.3 Å². The Hall–Kier alpha value is -2.84. The first kappa shape index (κ1) is 25.3. The smallest absolute Gasteiger partial charge is 0.416 e. The second-order valence-corrected chi connectivity index (χ2v) is 9.63. The molecule has 1 aliphatic rings. The van der Waals surface area contributed by atoms with Crippen molar-refractivity contribution in [1.29, 1.82) is 0 Å². The summed E-state index contributed by atoms with van der Waals surface area (Å²) in [5, 5.41) is 0. The average Bonchev–Trinajstić information content (AvgIpc) is 3.22. The van der Waals surface area contributed by atoms with Gasteiger partial charge in [0.25, 0.3) is 0 Å². The number of carbonyl (C=O) groups is 1. The molecule has 3 aromatic rings. The highest BCUT2D eigenvalue weighted by Gasteiger charge is 2.30. The van der Waals surface area contributed by atoms with E-state index in [9.17, 15) is 18.0 Å². The number of hydrogen-bond donors (Lipinski definition) is 0. The van der Waals surface area contributed by atoms with Gasteiger partial charge in [0.15, 0.2) is 6.61 Å². The topological polar surface area (TPSA) is 38.8 Å². The molecule has 1 aliphatic heterocycles. The highest BCUT2D eigenvalue weighted by molar-refractivity contribution is 7.15. The van der Waals surface area contributed by atoms with Crippen molar-refractivity contribution in [1.82, 2.24) is 4.90 Å². The molecule has 0 saturated carbocycles. The van der Waals surface area contributed by atoms with Crippen molar-refractivity contribution in [2.45, 2.75) is 32.4 Å². The molecule has 8 heteroatoms. The summed E-state index contributed by atoms with van der Waals surface area (Å²) in [6.45, 7) is 4.84. The number of benzene rings is 2. The molecule has 0 amide bonds. The predicted molar refractivity (Wildman–Crippen MR) is 131 cm³/mol. The third-order valence-electron chi connectivity index (χ3n) is 6.07. The Morgan fingerprint density at radius 3 is 2.46 bits per heavy atom. The van der Waals surface area contributed by atoms with Crippen molar-refractivity contribution in [3.8, 4) is 16.2 Å². The Morgan fingerprint density at radius 1 is 1.00 bits per heavy atom. The zero-order valence-corrected chi connectivity index (χ0v) is 20.4. The van der Waals surface area contributed by atoms with Gasteiger partial charge in [0, 0.05) is 29.4 Å². The fourth-order valence-electron chi connectivity index (χ4n) is 4.17. The third-order valence-corrected chi connectivity index (χ3v) is 7.26. The molecule has 0 aliphatic carbocycles. The van der Waals surface area contributed by atoms with Gasteiger partial charge in [-0.05, 0) is 79.3 Å². The van der Waals surface area contributed by atoms with Gasteiger partial charge in [0.2, 0.25) is 0 Å². The molecule has 4 nitrogen and oxygen atoms in total. The molecular weight excluding hydrogens is 475 g/mol. The van der Waals surface area contributed by atoms with Crippen LogP contribution in [0.25, 0.3) is 10.4 Å². The van der Waals surface area contributed by atoms with E-state index in [2.05, 4.69) is 17.0 Å². The Balaban J connectivity index is 1.29. The van der Waals surface area contributed by atoms with Crippen molar-refractivity contribution in [3.63, 3.8) is 0 Å². The van der Waals surface area contributed by atoms with Crippen LogP contribution in [0.1, 0.15) is 28.5 Å². The Kier molecular flexibility index (Phi) is 8.13. The van der Waals surface area contributed by atoms with Crippen LogP contribution in [0.2, 0.25) is 0 Å². The molecule has 1 aromatic heterocycles. The van der Waals surface area contributed by atoms with Gasteiger partial charge in [0.1, 0.15) is 5.75 Å². The van der Waals surface area contributed by atoms with E-state index in [0.717, 1.165) is 61.5 Å². The highest BCUT2D eigenvalue weighted by Crippen LogP contribution is 2.33. The Labute approximate surface area is 207 Å². The second kappa shape index (κ2) is 11.3. The lowest BCUT2D eigenvalue weighted by molar-refractivity contribution is -0.145. The number of esters is 1. The molecule has 0 N–H and O–H groups in total. The number of carbonyl (C=O) groups excluding carboxylic acids is 1. The van der Waals surface area contributed by atoms with Gasteiger partial charge >= 0.3 is 12.1 Å². The Morgan fingerprint density at radius 2 is 1.74 bits per heavy atom. The minimum absolute atomic E-state index is 0.0893. The molecule has 186 valence electrons. The largest absolute Gasteiger partial charge is 0.482 e. The van der Waals surface area contributed by atoms with Gasteiger partial charge in [-0.1, -0.05) is 18.2 Å². The number of fused-ring (bicyclic) bond motifs is 1. The van der Waals surface area contributed by atoms with E-state index >= 15 is 0 Å². The van der Waals surface area contributed by atoms with E-state index in [4.69, 9.17) is 9.47 Å². The molecule has 4 rings (SSSR count). The van der Waals surface area contributed by atoms with Crippen LogP contribution in [0.4, 0.5) is 13.2 Å². The fraction of sp³-hybridized carbons (Fsp3) is 0.370. The van der Waals surface area contributed by atoms with Gasteiger partial charge in [0.05, 0.1) is 12.2 Å². The van der Waals surface area contributed by atoms with Crippen LogP contribution in [0.3, 0.4) is 0 Å². The molecule has 0 atom stereocenters.